The Morgan fingerprint density at radius 3 is 2.83 bits per heavy atom. The Hall–Kier alpha value is -0.770. The average molecular weight is 173 g/mol. The summed E-state index contributed by atoms with van der Waals surface area (Å²) in [5.74, 6) is 0.501. The fourth-order valence-corrected chi connectivity index (χ4v) is 0.822. The molecular weight excluding hydrogens is 154 g/mol. The van der Waals surface area contributed by atoms with E-state index in [1.165, 1.54) is 0 Å². The zero-order valence-electron chi connectivity index (χ0n) is 8.13. The SMILES string of the molecule is CCCN=C(N)NC(C)COC. The van der Waals surface area contributed by atoms with Crippen molar-refractivity contribution in [3.8, 4) is 0 Å². The summed E-state index contributed by atoms with van der Waals surface area (Å²) in [4.78, 5) is 4.09. The fourth-order valence-electron chi connectivity index (χ4n) is 0.822. The third-order valence-electron chi connectivity index (χ3n) is 1.32. The Bertz CT molecular complexity index is 136. The smallest absolute Gasteiger partial charge is 0.188 e. The molecule has 1 atom stereocenters. The van der Waals surface area contributed by atoms with Gasteiger partial charge in [-0.15, -0.1) is 0 Å². The van der Waals surface area contributed by atoms with Crippen LogP contribution in [0.3, 0.4) is 0 Å². The molecule has 0 radical (unpaired) electrons. The third-order valence-corrected chi connectivity index (χ3v) is 1.32. The molecule has 0 aliphatic rings. The van der Waals surface area contributed by atoms with Crippen LogP contribution < -0.4 is 11.1 Å². The molecule has 0 saturated heterocycles. The predicted octanol–water partition coefficient (Wildman–Crippen LogP) is 0.336. The maximum atomic E-state index is 5.57. The standard InChI is InChI=1S/C8H19N3O/c1-4-5-10-8(9)11-7(2)6-12-3/h7H,4-6H2,1-3H3,(H3,9,10,11). The zero-order valence-corrected chi connectivity index (χ0v) is 8.13. The van der Waals surface area contributed by atoms with Gasteiger partial charge in [0.1, 0.15) is 0 Å². The molecule has 0 aromatic carbocycles. The Morgan fingerprint density at radius 2 is 2.33 bits per heavy atom. The predicted molar refractivity (Wildman–Crippen MR) is 51.3 cm³/mol. The summed E-state index contributed by atoms with van der Waals surface area (Å²) in [5.41, 5.74) is 5.57. The molecule has 0 rings (SSSR count). The monoisotopic (exact) mass is 173 g/mol. The average Bonchev–Trinajstić information content (AvgIpc) is 2.01. The van der Waals surface area contributed by atoms with Crippen molar-refractivity contribution >= 4 is 5.96 Å². The molecule has 1 unspecified atom stereocenters. The number of nitrogens with one attached hydrogen (secondary N) is 1. The van der Waals surface area contributed by atoms with Gasteiger partial charge in [0.2, 0.25) is 0 Å². The molecule has 0 spiro atoms. The molecule has 3 N–H and O–H groups in total. The van der Waals surface area contributed by atoms with Gasteiger partial charge in [-0.2, -0.15) is 0 Å². The van der Waals surface area contributed by atoms with Gasteiger partial charge in [0.05, 0.1) is 6.61 Å². The summed E-state index contributed by atoms with van der Waals surface area (Å²) in [7, 11) is 1.66. The number of hydrogen-bond acceptors (Lipinski definition) is 2. The molecule has 0 bridgehead atoms. The van der Waals surface area contributed by atoms with E-state index in [0.29, 0.717) is 12.6 Å². The molecule has 0 aliphatic carbocycles. The molecule has 4 heteroatoms. The van der Waals surface area contributed by atoms with Crippen molar-refractivity contribution in [3.63, 3.8) is 0 Å². The molecule has 0 saturated carbocycles. The van der Waals surface area contributed by atoms with Crippen LogP contribution in [0, 0.1) is 0 Å². The Morgan fingerprint density at radius 1 is 1.67 bits per heavy atom. The van der Waals surface area contributed by atoms with Crippen LogP contribution in [-0.4, -0.2) is 32.3 Å². The molecule has 0 fully saturated rings. The molecule has 0 amide bonds. The van der Waals surface area contributed by atoms with Crippen molar-refractivity contribution in [1.29, 1.82) is 0 Å². The van der Waals surface area contributed by atoms with Crippen LogP contribution in [0.4, 0.5) is 0 Å². The number of nitrogens with two attached hydrogens (primary N) is 1. The molecule has 0 aromatic rings. The Kier molecular flexibility index (Phi) is 6.47. The minimum atomic E-state index is 0.218. The van der Waals surface area contributed by atoms with Gasteiger partial charge in [-0.1, -0.05) is 6.92 Å². The van der Waals surface area contributed by atoms with E-state index in [0.717, 1.165) is 13.0 Å². The molecule has 0 aliphatic heterocycles. The van der Waals surface area contributed by atoms with E-state index in [-0.39, 0.29) is 6.04 Å². The highest BCUT2D eigenvalue weighted by atomic mass is 16.5. The number of hydrogen-bond donors (Lipinski definition) is 2. The molecule has 12 heavy (non-hydrogen) atoms. The highest BCUT2D eigenvalue weighted by Gasteiger charge is 2.00. The zero-order chi connectivity index (χ0) is 9.40. The maximum absolute atomic E-state index is 5.57. The maximum Gasteiger partial charge on any atom is 0.188 e. The van der Waals surface area contributed by atoms with Gasteiger partial charge >= 0.3 is 0 Å². The van der Waals surface area contributed by atoms with Crippen molar-refractivity contribution in [2.45, 2.75) is 26.3 Å². The van der Waals surface area contributed by atoms with E-state index in [9.17, 15) is 0 Å². The summed E-state index contributed by atoms with van der Waals surface area (Å²) < 4.78 is 4.94. The van der Waals surface area contributed by atoms with Gasteiger partial charge in [-0.3, -0.25) is 4.99 Å². The normalized spacial score (nSPS) is 14.4. The quantitative estimate of drug-likeness (QED) is 0.465. The highest BCUT2D eigenvalue weighted by molar-refractivity contribution is 5.78. The first-order valence-corrected chi connectivity index (χ1v) is 4.26. The first kappa shape index (κ1) is 11.2. The minimum absolute atomic E-state index is 0.218. The van der Waals surface area contributed by atoms with E-state index in [2.05, 4.69) is 17.2 Å². The first-order valence-electron chi connectivity index (χ1n) is 4.26. The van der Waals surface area contributed by atoms with Crippen LogP contribution in [0.5, 0.6) is 0 Å². The summed E-state index contributed by atoms with van der Waals surface area (Å²) in [6.45, 7) is 5.48. The third kappa shape index (κ3) is 5.97. The highest BCUT2D eigenvalue weighted by Crippen LogP contribution is 1.82. The largest absolute Gasteiger partial charge is 0.383 e. The van der Waals surface area contributed by atoms with Gasteiger partial charge in [-0.05, 0) is 13.3 Å². The van der Waals surface area contributed by atoms with Gasteiger partial charge < -0.3 is 15.8 Å². The van der Waals surface area contributed by atoms with Gasteiger partial charge in [-0.25, -0.2) is 0 Å². The van der Waals surface area contributed by atoms with E-state index < -0.39 is 0 Å². The molecular formula is C8H19N3O. The topological polar surface area (TPSA) is 59.6 Å². The van der Waals surface area contributed by atoms with Gasteiger partial charge in [0, 0.05) is 19.7 Å². The number of methoxy groups -OCH3 is 1. The second-order valence-corrected chi connectivity index (χ2v) is 2.77. The minimum Gasteiger partial charge on any atom is -0.383 e. The van der Waals surface area contributed by atoms with Crippen molar-refractivity contribution in [2.24, 2.45) is 10.7 Å². The van der Waals surface area contributed by atoms with Crippen molar-refractivity contribution in [1.82, 2.24) is 5.32 Å². The summed E-state index contributed by atoms with van der Waals surface area (Å²) in [6.07, 6.45) is 1.01. The number of rotatable bonds is 5. The van der Waals surface area contributed by atoms with E-state index in [1.54, 1.807) is 7.11 Å². The van der Waals surface area contributed by atoms with Crippen molar-refractivity contribution in [2.75, 3.05) is 20.3 Å². The summed E-state index contributed by atoms with van der Waals surface area (Å²) in [5, 5.41) is 3.02. The first-order chi connectivity index (χ1) is 5.70. The fraction of sp³-hybridized carbons (Fsp3) is 0.875. The second kappa shape index (κ2) is 6.91. The molecule has 0 heterocycles. The second-order valence-electron chi connectivity index (χ2n) is 2.77. The van der Waals surface area contributed by atoms with Crippen LogP contribution in [-0.2, 0) is 4.74 Å². The Balaban J connectivity index is 3.59. The molecule has 0 aromatic heterocycles. The lowest BCUT2D eigenvalue weighted by Gasteiger charge is -2.12. The van der Waals surface area contributed by atoms with Crippen molar-refractivity contribution in [3.05, 3.63) is 0 Å². The van der Waals surface area contributed by atoms with Gasteiger partial charge in [0.25, 0.3) is 0 Å². The number of ether oxygens (including phenoxy) is 1. The Labute approximate surface area is 74.2 Å². The molecule has 4 nitrogen and oxygen atoms in total. The van der Waals surface area contributed by atoms with Crippen LogP contribution >= 0.6 is 0 Å². The lowest BCUT2D eigenvalue weighted by molar-refractivity contribution is 0.179. The van der Waals surface area contributed by atoms with Crippen molar-refractivity contribution < 1.29 is 4.74 Å². The van der Waals surface area contributed by atoms with E-state index >= 15 is 0 Å². The summed E-state index contributed by atoms with van der Waals surface area (Å²) >= 11 is 0. The van der Waals surface area contributed by atoms with Crippen LogP contribution in [0.15, 0.2) is 4.99 Å². The lowest BCUT2D eigenvalue weighted by atomic mass is 10.4. The van der Waals surface area contributed by atoms with Crippen LogP contribution in [0.1, 0.15) is 20.3 Å². The van der Waals surface area contributed by atoms with Gasteiger partial charge in [0.15, 0.2) is 5.96 Å². The van der Waals surface area contributed by atoms with E-state index in [4.69, 9.17) is 10.5 Å². The number of nitrogens with zero attached hydrogens (tertiary/aromatic N) is 1. The number of aliphatic imine (C=N–C) groups is 1. The van der Waals surface area contributed by atoms with Crippen LogP contribution in [0.2, 0.25) is 0 Å². The summed E-state index contributed by atoms with van der Waals surface area (Å²) in [6, 6.07) is 0.218. The molecule has 72 valence electrons. The number of guanidine groups is 1. The van der Waals surface area contributed by atoms with E-state index in [1.807, 2.05) is 6.92 Å². The van der Waals surface area contributed by atoms with Crippen LogP contribution in [0.25, 0.3) is 0 Å². The lowest BCUT2D eigenvalue weighted by Crippen LogP contribution is -2.40.